The number of fused-ring (bicyclic) bond motifs is 6. The van der Waals surface area contributed by atoms with Gasteiger partial charge >= 0.3 is 0 Å². The van der Waals surface area contributed by atoms with Crippen LogP contribution in [0, 0.1) is 17.3 Å². The molecule has 1 heterocycles. The number of anilines is 4. The zero-order valence-electron chi connectivity index (χ0n) is 52.0. The first-order valence-corrected chi connectivity index (χ1v) is 32.8. The third kappa shape index (κ3) is 11.5. The first-order chi connectivity index (χ1) is 42.5. The second-order valence-electron chi connectivity index (χ2n) is 26.7. The van der Waals surface area contributed by atoms with Crippen molar-refractivity contribution in [3.8, 4) is 11.1 Å². The molecular weight excluding hydrogens is 1050 g/mol. The van der Waals surface area contributed by atoms with E-state index in [0.29, 0.717) is 17.8 Å². The van der Waals surface area contributed by atoms with Gasteiger partial charge in [-0.1, -0.05) is 242 Å². The summed E-state index contributed by atoms with van der Waals surface area (Å²) in [5.41, 5.74) is 24.0. The number of ether oxygens (including phenoxy) is 1. The Morgan fingerprint density at radius 1 is 0.713 bits per heavy atom. The first-order valence-electron chi connectivity index (χ1n) is 32.8. The van der Waals surface area contributed by atoms with Gasteiger partial charge in [-0.25, -0.2) is 0 Å². The van der Waals surface area contributed by atoms with Crippen LogP contribution in [0.4, 0.5) is 22.7 Å². The average Bonchev–Trinajstić information content (AvgIpc) is 1.60. The molecule has 0 saturated heterocycles. The summed E-state index contributed by atoms with van der Waals surface area (Å²) in [7, 11) is 0. The zero-order valence-corrected chi connectivity index (χ0v) is 52.0. The molecule has 0 spiro atoms. The van der Waals surface area contributed by atoms with Crippen molar-refractivity contribution < 1.29 is 4.74 Å². The number of allylic oxidation sites excluding steroid dienone is 13. The maximum atomic E-state index is 6.77. The molecule has 13 rings (SSSR count). The van der Waals surface area contributed by atoms with Crippen LogP contribution in [0.2, 0.25) is 0 Å². The van der Waals surface area contributed by atoms with Crippen LogP contribution in [-0.4, -0.2) is 18.2 Å². The summed E-state index contributed by atoms with van der Waals surface area (Å²) >= 11 is 0. The monoisotopic (exact) mass is 1140 g/mol. The van der Waals surface area contributed by atoms with E-state index in [1.807, 2.05) is 18.2 Å². The summed E-state index contributed by atoms with van der Waals surface area (Å²) in [6.45, 7) is 21.4. The van der Waals surface area contributed by atoms with E-state index in [0.717, 1.165) is 88.2 Å². The summed E-state index contributed by atoms with van der Waals surface area (Å²) in [6, 6.07) is 56.2. The van der Waals surface area contributed by atoms with Crippen LogP contribution in [0.25, 0.3) is 28.9 Å². The van der Waals surface area contributed by atoms with Crippen LogP contribution in [0.15, 0.2) is 260 Å². The summed E-state index contributed by atoms with van der Waals surface area (Å²) in [6.07, 6.45) is 44.6. The number of rotatable bonds is 19. The van der Waals surface area contributed by atoms with Gasteiger partial charge in [0.1, 0.15) is 0 Å². The van der Waals surface area contributed by atoms with Gasteiger partial charge in [-0.3, -0.25) is 0 Å². The first kappa shape index (κ1) is 58.1. The third-order valence-electron chi connectivity index (χ3n) is 20.8. The lowest BCUT2D eigenvalue weighted by Crippen LogP contribution is -2.36. The Morgan fingerprint density at radius 2 is 1.44 bits per heavy atom. The van der Waals surface area contributed by atoms with E-state index in [-0.39, 0.29) is 35.0 Å². The number of benzene rings is 6. The molecule has 0 bridgehead atoms. The highest BCUT2D eigenvalue weighted by molar-refractivity contribution is 5.83. The molecule has 87 heavy (non-hydrogen) atoms. The molecule has 0 radical (unpaired) electrons. The minimum Gasteiger partial charge on any atom is -0.371 e. The smallest absolute Gasteiger partial charge is 0.0797 e. The van der Waals surface area contributed by atoms with Crippen LogP contribution in [0.1, 0.15) is 156 Å². The highest BCUT2D eigenvalue weighted by atomic mass is 16.5. The summed E-state index contributed by atoms with van der Waals surface area (Å²) in [5, 5.41) is 0. The Kier molecular flexibility index (Phi) is 16.7. The van der Waals surface area contributed by atoms with Crippen molar-refractivity contribution in [2.24, 2.45) is 17.3 Å². The van der Waals surface area contributed by atoms with E-state index in [1.165, 1.54) is 85.0 Å². The lowest BCUT2D eigenvalue weighted by Gasteiger charge is -2.41. The van der Waals surface area contributed by atoms with Gasteiger partial charge in [-0.05, 0) is 209 Å². The molecule has 3 heteroatoms. The van der Waals surface area contributed by atoms with Crippen LogP contribution in [0.5, 0.6) is 0 Å². The molecule has 0 amide bonds. The van der Waals surface area contributed by atoms with Crippen molar-refractivity contribution in [1.82, 2.24) is 0 Å². The van der Waals surface area contributed by atoms with E-state index in [2.05, 4.69) is 264 Å². The Bertz CT molecular complexity index is 3770. The third-order valence-corrected chi connectivity index (χ3v) is 20.8. The fourth-order valence-electron chi connectivity index (χ4n) is 16.0. The van der Waals surface area contributed by atoms with Gasteiger partial charge in [0.25, 0.3) is 0 Å². The molecule has 7 aliphatic rings. The van der Waals surface area contributed by atoms with Crippen LogP contribution in [0.3, 0.4) is 0 Å². The highest BCUT2D eigenvalue weighted by Gasteiger charge is 2.55. The maximum absolute atomic E-state index is 6.77. The largest absolute Gasteiger partial charge is 0.371 e. The van der Waals surface area contributed by atoms with Crippen molar-refractivity contribution in [2.75, 3.05) is 9.80 Å². The average molecular weight is 1140 g/mol. The summed E-state index contributed by atoms with van der Waals surface area (Å²) in [4.78, 5) is 5.19. The summed E-state index contributed by atoms with van der Waals surface area (Å²) < 4.78 is 6.77. The van der Waals surface area contributed by atoms with Crippen molar-refractivity contribution in [3.05, 3.63) is 294 Å². The Hall–Kier alpha value is -7.98. The SMILES string of the molecule is C=CC1=CCC(OC(CC)CCCCC2(c3ccccc3)C3=CC(N(c4ccc(C5=CC=C(C(C)(C)C)CC5)cc4)c4ccc(-c5ccc6c(c5)C5CC(c7ccc(C=C)cc7)CC=C5N6c5ccc(C=C)cc5)cc4)CC=C3C3CCC=CC32)C=C1. The maximum Gasteiger partial charge on any atom is 0.0797 e. The van der Waals surface area contributed by atoms with Crippen LogP contribution >= 0.6 is 0 Å². The molecule has 1 aliphatic heterocycles. The van der Waals surface area contributed by atoms with E-state index in [4.69, 9.17) is 4.74 Å². The van der Waals surface area contributed by atoms with E-state index < -0.39 is 0 Å². The molecule has 8 unspecified atom stereocenters. The molecule has 8 atom stereocenters. The standard InChI is InChI=1S/C84H88N2O/c1-8-58-24-30-63(31-25-58)65-38-52-81-77(55-65)78-56-66(39-53-82(78)86(81)71-42-26-59(9-2)27-43-71)64-36-46-70(47-37-64)85(69-44-34-62(35-45-69)61-32-40-67(41-33-61)83(5,6)7)72-48-51-76-75-22-15-16-23-79(75)84(80(76)57-72,68-19-13-12-14-20-68)54-18-17-21-73(11-4)87-74-49-28-60(10-3)29-50-74/h8-10,12-14,16,19-20,23-32,34-37,39-40,42-47,49,51-53,56-57,65,72-75,77,79H,1-3,11,15,17-18,21-22,33,38,41,48,50,54-55H2,4-7H3. The number of unbranched alkanes of at least 4 members (excludes halogenated alkanes) is 1. The second kappa shape index (κ2) is 25.0. The van der Waals surface area contributed by atoms with Crippen molar-refractivity contribution in [1.29, 1.82) is 0 Å². The zero-order chi connectivity index (χ0) is 59.7. The lowest BCUT2D eigenvalue weighted by molar-refractivity contribution is 0.00587. The number of hydrogen-bond donors (Lipinski definition) is 0. The van der Waals surface area contributed by atoms with Gasteiger partial charge in [-0.15, -0.1) is 0 Å². The normalized spacial score (nSPS) is 24.0. The predicted molar refractivity (Wildman–Crippen MR) is 371 cm³/mol. The molecule has 6 aromatic rings. The van der Waals surface area contributed by atoms with Crippen molar-refractivity contribution in [3.63, 3.8) is 0 Å². The molecular formula is C84H88N2O. The van der Waals surface area contributed by atoms with E-state index >= 15 is 0 Å². The van der Waals surface area contributed by atoms with Gasteiger partial charge in [0.2, 0.25) is 0 Å². The van der Waals surface area contributed by atoms with Gasteiger partial charge in [-0.2, -0.15) is 0 Å². The second-order valence-corrected chi connectivity index (χ2v) is 26.7. The molecule has 0 N–H and O–H groups in total. The van der Waals surface area contributed by atoms with Crippen molar-refractivity contribution in [2.45, 2.75) is 147 Å². The molecule has 6 aromatic carbocycles. The minimum absolute atomic E-state index is 0.111. The van der Waals surface area contributed by atoms with Gasteiger partial charge in [0.15, 0.2) is 0 Å². The van der Waals surface area contributed by atoms with Gasteiger partial charge in [0.05, 0.1) is 18.2 Å². The number of hydrogen-bond acceptors (Lipinski definition) is 3. The molecule has 440 valence electrons. The quantitative estimate of drug-likeness (QED) is 0.0594. The molecule has 6 aliphatic carbocycles. The summed E-state index contributed by atoms with van der Waals surface area (Å²) in [5.74, 6) is 1.64. The fraction of sp³-hybridized carbons (Fsp3) is 0.310. The Morgan fingerprint density at radius 3 is 2.10 bits per heavy atom. The highest BCUT2D eigenvalue weighted by Crippen LogP contribution is 2.62. The number of nitrogens with zero attached hydrogens (tertiary/aromatic N) is 2. The van der Waals surface area contributed by atoms with Gasteiger partial charge in [0, 0.05) is 39.8 Å². The Labute approximate surface area is 520 Å². The van der Waals surface area contributed by atoms with Crippen LogP contribution < -0.4 is 9.80 Å². The van der Waals surface area contributed by atoms with Crippen molar-refractivity contribution >= 4 is 40.5 Å². The molecule has 3 nitrogen and oxygen atoms in total. The molecule has 0 aromatic heterocycles. The molecule has 1 saturated carbocycles. The lowest BCUT2D eigenvalue weighted by atomic mass is 9.64. The minimum atomic E-state index is -0.137. The van der Waals surface area contributed by atoms with Crippen LogP contribution in [-0.2, 0) is 10.2 Å². The van der Waals surface area contributed by atoms with E-state index in [1.54, 1.807) is 11.1 Å². The van der Waals surface area contributed by atoms with Gasteiger partial charge < -0.3 is 14.5 Å². The molecule has 1 fully saturated rings. The predicted octanol–water partition coefficient (Wildman–Crippen LogP) is 22.6. The van der Waals surface area contributed by atoms with E-state index in [9.17, 15) is 0 Å². The Balaban J connectivity index is 0.851. The topological polar surface area (TPSA) is 15.7 Å². The fourth-order valence-corrected chi connectivity index (χ4v) is 16.0.